The predicted molar refractivity (Wildman–Crippen MR) is 92.0 cm³/mol. The van der Waals surface area contributed by atoms with Crippen molar-refractivity contribution in [2.45, 2.75) is 19.1 Å². The van der Waals surface area contributed by atoms with Crippen LogP contribution in [-0.4, -0.2) is 38.5 Å². The fourth-order valence-electron chi connectivity index (χ4n) is 2.49. The highest BCUT2D eigenvalue weighted by molar-refractivity contribution is 5.86. The van der Waals surface area contributed by atoms with E-state index in [0.717, 1.165) is 16.7 Å². The first kappa shape index (κ1) is 16.7. The number of aryl methyl sites for hydroxylation is 1. The number of benzene rings is 1. The molecule has 1 atom stereocenters. The van der Waals surface area contributed by atoms with Crippen molar-refractivity contribution in [3.8, 4) is 11.8 Å². The molecule has 8 nitrogen and oxygen atoms in total. The molecule has 0 fully saturated rings. The third-order valence-electron chi connectivity index (χ3n) is 3.83. The molecule has 0 aliphatic rings. The summed E-state index contributed by atoms with van der Waals surface area (Å²) in [6, 6.07) is 9.34. The Kier molecular flexibility index (Phi) is 5.06. The molecule has 8 heteroatoms. The first-order chi connectivity index (χ1) is 12.2. The average molecular weight is 338 g/mol. The van der Waals surface area contributed by atoms with Crippen molar-refractivity contribution in [3.63, 3.8) is 0 Å². The van der Waals surface area contributed by atoms with Gasteiger partial charge >= 0.3 is 0 Å². The van der Waals surface area contributed by atoms with E-state index in [1.165, 1.54) is 6.33 Å². The van der Waals surface area contributed by atoms with Crippen LogP contribution >= 0.6 is 0 Å². The fraction of sp³-hybridized carbons (Fsp3) is 0.294. The van der Waals surface area contributed by atoms with Gasteiger partial charge in [-0.15, -0.1) is 0 Å². The van der Waals surface area contributed by atoms with Crippen molar-refractivity contribution in [1.82, 2.24) is 19.7 Å². The summed E-state index contributed by atoms with van der Waals surface area (Å²) in [5.74, 6) is 1.34. The molecule has 0 saturated carbocycles. The summed E-state index contributed by atoms with van der Waals surface area (Å²) in [4.78, 5) is 8.44. The van der Waals surface area contributed by atoms with Crippen LogP contribution in [0.1, 0.15) is 18.1 Å². The number of anilines is 1. The Morgan fingerprint density at radius 2 is 2.12 bits per heavy atom. The Morgan fingerprint density at radius 1 is 1.32 bits per heavy atom. The summed E-state index contributed by atoms with van der Waals surface area (Å²) in [7, 11) is 1.60. The number of nitriles is 1. The summed E-state index contributed by atoms with van der Waals surface area (Å²) in [6.45, 7) is 0.771. The number of nitrogens with zero attached hydrogens (tertiary/aromatic N) is 5. The van der Waals surface area contributed by atoms with Gasteiger partial charge in [-0.05, 0) is 17.7 Å². The maximum atomic E-state index is 10.3. The Bertz CT molecular complexity index is 884. The first-order valence-corrected chi connectivity index (χ1v) is 7.82. The maximum Gasteiger partial charge on any atom is 0.163 e. The molecule has 3 rings (SSSR count). The Balaban J connectivity index is 1.72. The van der Waals surface area contributed by atoms with Gasteiger partial charge in [0.25, 0.3) is 0 Å². The first-order valence-electron chi connectivity index (χ1n) is 7.82. The molecule has 0 aliphatic carbocycles. The number of nitrogens with one attached hydrogen (secondary N) is 1. The van der Waals surface area contributed by atoms with Crippen LogP contribution in [0.15, 0.2) is 36.8 Å². The quantitative estimate of drug-likeness (QED) is 0.677. The normalized spacial score (nSPS) is 11.9. The van der Waals surface area contributed by atoms with Gasteiger partial charge in [-0.2, -0.15) is 10.4 Å². The number of rotatable bonds is 7. The molecule has 3 aromatic rings. The molecular weight excluding hydrogens is 320 g/mol. The standard InChI is InChI=1S/C17H18N6O2/c1-25-13-5-3-12(4-6-13)15(24)10-19-16-14-9-22-23(8-2-7-18)17(14)21-11-20-16/h3-6,9,11,15,24H,2,8,10H2,1H3,(H,19,20,21). The van der Waals surface area contributed by atoms with Crippen molar-refractivity contribution < 1.29 is 9.84 Å². The van der Waals surface area contributed by atoms with E-state index >= 15 is 0 Å². The average Bonchev–Trinajstić information content (AvgIpc) is 3.08. The zero-order valence-electron chi connectivity index (χ0n) is 13.8. The predicted octanol–water partition coefficient (Wildman–Crippen LogP) is 1.89. The van der Waals surface area contributed by atoms with Crippen molar-refractivity contribution in [1.29, 1.82) is 5.26 Å². The van der Waals surface area contributed by atoms with Crippen molar-refractivity contribution >= 4 is 16.9 Å². The second kappa shape index (κ2) is 7.59. The summed E-state index contributed by atoms with van der Waals surface area (Å²) in [6.07, 6.45) is 2.77. The minimum Gasteiger partial charge on any atom is -0.497 e. The fourth-order valence-corrected chi connectivity index (χ4v) is 2.49. The van der Waals surface area contributed by atoms with E-state index in [0.29, 0.717) is 31.0 Å². The second-order valence-electron chi connectivity index (χ2n) is 5.41. The zero-order chi connectivity index (χ0) is 17.6. The van der Waals surface area contributed by atoms with Gasteiger partial charge in [0.2, 0.25) is 0 Å². The van der Waals surface area contributed by atoms with E-state index in [1.807, 2.05) is 12.1 Å². The SMILES string of the molecule is COc1ccc(C(O)CNc2ncnc3c2cnn3CCC#N)cc1. The molecule has 128 valence electrons. The van der Waals surface area contributed by atoms with Gasteiger partial charge in [0.1, 0.15) is 17.9 Å². The van der Waals surface area contributed by atoms with Crippen LogP contribution in [-0.2, 0) is 6.54 Å². The monoisotopic (exact) mass is 338 g/mol. The molecule has 2 heterocycles. The Hall–Kier alpha value is -3.18. The summed E-state index contributed by atoms with van der Waals surface area (Å²) in [5.41, 5.74) is 1.44. The molecule has 0 aliphatic heterocycles. The highest BCUT2D eigenvalue weighted by Crippen LogP contribution is 2.21. The van der Waals surface area contributed by atoms with Crippen LogP contribution in [0.25, 0.3) is 11.0 Å². The number of methoxy groups -OCH3 is 1. The van der Waals surface area contributed by atoms with Crippen LogP contribution in [0.4, 0.5) is 5.82 Å². The molecule has 0 amide bonds. The molecule has 1 aromatic carbocycles. The van der Waals surface area contributed by atoms with E-state index < -0.39 is 6.10 Å². The number of hydrogen-bond acceptors (Lipinski definition) is 7. The highest BCUT2D eigenvalue weighted by atomic mass is 16.5. The summed E-state index contributed by atoms with van der Waals surface area (Å²) in [5, 5.41) is 27.2. The molecule has 0 saturated heterocycles. The summed E-state index contributed by atoms with van der Waals surface area (Å²) < 4.78 is 6.79. The smallest absolute Gasteiger partial charge is 0.163 e. The van der Waals surface area contributed by atoms with E-state index in [1.54, 1.807) is 30.1 Å². The van der Waals surface area contributed by atoms with Gasteiger partial charge in [0.15, 0.2) is 5.65 Å². The van der Waals surface area contributed by atoms with Crippen molar-refractivity contribution in [2.24, 2.45) is 0 Å². The lowest BCUT2D eigenvalue weighted by Gasteiger charge is -2.13. The number of hydrogen-bond donors (Lipinski definition) is 2. The lowest BCUT2D eigenvalue weighted by Crippen LogP contribution is -2.13. The second-order valence-corrected chi connectivity index (χ2v) is 5.41. The summed E-state index contributed by atoms with van der Waals surface area (Å²) >= 11 is 0. The third-order valence-corrected chi connectivity index (χ3v) is 3.83. The van der Waals surface area contributed by atoms with Crippen LogP contribution in [0.5, 0.6) is 5.75 Å². The molecule has 2 N–H and O–H groups in total. The van der Waals surface area contributed by atoms with Crippen molar-refractivity contribution in [3.05, 3.63) is 42.4 Å². The van der Waals surface area contributed by atoms with Gasteiger partial charge in [-0.1, -0.05) is 12.1 Å². The number of ether oxygens (including phenoxy) is 1. The van der Waals surface area contributed by atoms with Gasteiger partial charge in [-0.3, -0.25) is 0 Å². The Labute approximate surface area is 144 Å². The van der Waals surface area contributed by atoms with E-state index in [-0.39, 0.29) is 0 Å². The molecule has 1 unspecified atom stereocenters. The number of aliphatic hydroxyl groups excluding tert-OH is 1. The van der Waals surface area contributed by atoms with Crippen molar-refractivity contribution in [2.75, 3.05) is 19.0 Å². The zero-order valence-corrected chi connectivity index (χ0v) is 13.8. The third kappa shape index (κ3) is 3.67. The van der Waals surface area contributed by atoms with Crippen LogP contribution in [0, 0.1) is 11.3 Å². The van der Waals surface area contributed by atoms with Gasteiger partial charge in [0, 0.05) is 6.54 Å². The Morgan fingerprint density at radius 3 is 2.84 bits per heavy atom. The van der Waals surface area contributed by atoms with Gasteiger partial charge < -0.3 is 15.2 Å². The van der Waals surface area contributed by atoms with E-state index in [4.69, 9.17) is 10.00 Å². The van der Waals surface area contributed by atoms with Crippen LogP contribution in [0.2, 0.25) is 0 Å². The number of fused-ring (bicyclic) bond motifs is 1. The molecule has 25 heavy (non-hydrogen) atoms. The number of aromatic nitrogens is 4. The molecule has 0 bridgehead atoms. The van der Waals surface area contributed by atoms with E-state index in [2.05, 4.69) is 26.5 Å². The largest absolute Gasteiger partial charge is 0.497 e. The molecule has 0 radical (unpaired) electrons. The minimum atomic E-state index is -0.690. The van der Waals surface area contributed by atoms with Gasteiger partial charge in [0.05, 0.1) is 43.8 Å². The minimum absolute atomic E-state index is 0.293. The highest BCUT2D eigenvalue weighted by Gasteiger charge is 2.12. The van der Waals surface area contributed by atoms with Crippen LogP contribution in [0.3, 0.4) is 0 Å². The van der Waals surface area contributed by atoms with Crippen LogP contribution < -0.4 is 10.1 Å². The number of aliphatic hydroxyl groups is 1. The lowest BCUT2D eigenvalue weighted by atomic mass is 10.1. The molecule has 2 aromatic heterocycles. The van der Waals surface area contributed by atoms with Gasteiger partial charge in [-0.25, -0.2) is 14.6 Å². The van der Waals surface area contributed by atoms with E-state index in [9.17, 15) is 5.11 Å². The topological polar surface area (TPSA) is 109 Å². The lowest BCUT2D eigenvalue weighted by molar-refractivity contribution is 0.191. The molecular formula is C17H18N6O2. The molecule has 0 spiro atoms. The maximum absolute atomic E-state index is 10.3.